The Kier molecular flexibility index (Phi) is 7.59. The first-order valence-electron chi connectivity index (χ1n) is 6.25. The van der Waals surface area contributed by atoms with Crippen LogP contribution in [0.25, 0.3) is 0 Å². The van der Waals surface area contributed by atoms with Gasteiger partial charge < -0.3 is 5.32 Å². The molecule has 1 aromatic rings. The number of nitrogens with one attached hydrogen (secondary N) is 1. The molecule has 0 aliphatic carbocycles. The Labute approximate surface area is 126 Å². The van der Waals surface area contributed by atoms with Crippen LogP contribution in [0.3, 0.4) is 0 Å². The predicted octanol–water partition coefficient (Wildman–Crippen LogP) is 4.44. The lowest BCUT2D eigenvalue weighted by atomic mass is 10.1. The monoisotopic (exact) mass is 375 g/mol. The van der Waals surface area contributed by atoms with Gasteiger partial charge >= 0.3 is 0 Å². The lowest BCUT2D eigenvalue weighted by Gasteiger charge is -2.07. The van der Waals surface area contributed by atoms with Crippen molar-refractivity contribution < 1.29 is 4.79 Å². The molecule has 1 rings (SSSR count). The lowest BCUT2D eigenvalue weighted by Crippen LogP contribution is -2.24. The van der Waals surface area contributed by atoms with E-state index in [1.807, 2.05) is 25.1 Å². The van der Waals surface area contributed by atoms with Gasteiger partial charge in [0.05, 0.1) is 5.56 Å². The minimum absolute atomic E-state index is 0.00219. The number of aryl methyl sites for hydroxylation is 1. The van der Waals surface area contributed by atoms with Crippen LogP contribution in [0.15, 0.2) is 22.7 Å². The molecule has 1 N–H and O–H groups in total. The number of unbranched alkanes of at least 4 members (excludes halogenated alkanes) is 3. The fraction of sp³-hybridized carbons (Fsp3) is 0.500. The highest BCUT2D eigenvalue weighted by Gasteiger charge is 2.08. The summed E-state index contributed by atoms with van der Waals surface area (Å²) in [5.41, 5.74) is 1.86. The standard InChI is InChI=1S/C14H19Br2NO/c1-11-6-7-12(13(16)10-11)14(18)17-9-5-3-2-4-8-15/h6-7,10H,2-5,8-9H2,1H3,(H,17,18). The SMILES string of the molecule is Cc1ccc(C(=O)NCCCCCCBr)c(Br)c1. The number of alkyl halides is 1. The summed E-state index contributed by atoms with van der Waals surface area (Å²) in [5.74, 6) is 0.00219. The molecule has 1 aromatic carbocycles. The molecule has 0 aliphatic heterocycles. The summed E-state index contributed by atoms with van der Waals surface area (Å²) in [6.07, 6.45) is 4.63. The molecule has 0 radical (unpaired) electrons. The number of amides is 1. The predicted molar refractivity (Wildman–Crippen MR) is 83.5 cm³/mol. The van der Waals surface area contributed by atoms with Crippen LogP contribution in [0.5, 0.6) is 0 Å². The topological polar surface area (TPSA) is 29.1 Å². The maximum absolute atomic E-state index is 11.9. The van der Waals surface area contributed by atoms with E-state index >= 15 is 0 Å². The van der Waals surface area contributed by atoms with Crippen LogP contribution in [-0.4, -0.2) is 17.8 Å². The van der Waals surface area contributed by atoms with Crippen LogP contribution in [0.1, 0.15) is 41.6 Å². The first-order chi connectivity index (χ1) is 8.65. The summed E-state index contributed by atoms with van der Waals surface area (Å²) >= 11 is 6.84. The summed E-state index contributed by atoms with van der Waals surface area (Å²) < 4.78 is 0.860. The van der Waals surface area contributed by atoms with Crippen molar-refractivity contribution in [2.75, 3.05) is 11.9 Å². The van der Waals surface area contributed by atoms with E-state index in [1.54, 1.807) is 0 Å². The van der Waals surface area contributed by atoms with Crippen molar-refractivity contribution in [3.63, 3.8) is 0 Å². The van der Waals surface area contributed by atoms with E-state index in [2.05, 4.69) is 37.2 Å². The van der Waals surface area contributed by atoms with Gasteiger partial charge in [-0.3, -0.25) is 4.79 Å². The fourth-order valence-electron chi connectivity index (χ4n) is 1.67. The molecule has 0 aromatic heterocycles. The second-order valence-corrected chi connectivity index (χ2v) is 5.99. The van der Waals surface area contributed by atoms with Gasteiger partial charge in [0, 0.05) is 16.3 Å². The Hall–Kier alpha value is -0.350. The van der Waals surface area contributed by atoms with Crippen LogP contribution in [0, 0.1) is 6.92 Å². The Morgan fingerprint density at radius 1 is 1.22 bits per heavy atom. The average molecular weight is 377 g/mol. The first-order valence-corrected chi connectivity index (χ1v) is 8.17. The van der Waals surface area contributed by atoms with E-state index in [-0.39, 0.29) is 5.91 Å². The largest absolute Gasteiger partial charge is 0.352 e. The second kappa shape index (κ2) is 8.70. The van der Waals surface area contributed by atoms with E-state index in [1.165, 1.54) is 19.3 Å². The van der Waals surface area contributed by atoms with Crippen molar-refractivity contribution in [1.82, 2.24) is 5.32 Å². The van der Waals surface area contributed by atoms with Gasteiger partial charge in [0.2, 0.25) is 0 Å². The third kappa shape index (κ3) is 5.53. The van der Waals surface area contributed by atoms with E-state index in [0.29, 0.717) is 5.56 Å². The molecule has 0 spiro atoms. The minimum atomic E-state index is 0.00219. The molecule has 0 aliphatic rings. The third-order valence-electron chi connectivity index (χ3n) is 2.72. The summed E-state index contributed by atoms with van der Waals surface area (Å²) in [6, 6.07) is 5.78. The fourth-order valence-corrected chi connectivity index (χ4v) is 2.74. The van der Waals surface area contributed by atoms with Gasteiger partial charge in [-0.1, -0.05) is 34.8 Å². The van der Waals surface area contributed by atoms with E-state index in [9.17, 15) is 4.79 Å². The number of halogens is 2. The highest BCUT2D eigenvalue weighted by atomic mass is 79.9. The average Bonchev–Trinajstić information content (AvgIpc) is 2.33. The van der Waals surface area contributed by atoms with Gasteiger partial charge in [0.25, 0.3) is 5.91 Å². The number of carbonyl (C=O) groups excluding carboxylic acids is 1. The van der Waals surface area contributed by atoms with Gasteiger partial charge in [-0.05, 0) is 53.4 Å². The molecule has 0 fully saturated rings. The van der Waals surface area contributed by atoms with Crippen LogP contribution in [0.4, 0.5) is 0 Å². The molecular weight excluding hydrogens is 358 g/mol. The summed E-state index contributed by atoms with van der Waals surface area (Å²) in [7, 11) is 0. The van der Waals surface area contributed by atoms with Crippen LogP contribution >= 0.6 is 31.9 Å². The first kappa shape index (κ1) is 15.7. The van der Waals surface area contributed by atoms with Crippen molar-refractivity contribution in [3.05, 3.63) is 33.8 Å². The zero-order valence-corrected chi connectivity index (χ0v) is 13.8. The number of rotatable bonds is 7. The van der Waals surface area contributed by atoms with Crippen LogP contribution in [0.2, 0.25) is 0 Å². The normalized spacial score (nSPS) is 10.4. The molecule has 0 atom stereocenters. The Balaban J connectivity index is 2.32. The Bertz CT molecular complexity index is 393. The molecular formula is C14H19Br2NO. The summed E-state index contributed by atoms with van der Waals surface area (Å²) in [6.45, 7) is 2.76. The molecule has 0 saturated carbocycles. The Morgan fingerprint density at radius 2 is 1.94 bits per heavy atom. The maximum Gasteiger partial charge on any atom is 0.252 e. The lowest BCUT2D eigenvalue weighted by molar-refractivity contribution is 0.0952. The minimum Gasteiger partial charge on any atom is -0.352 e. The summed E-state index contributed by atoms with van der Waals surface area (Å²) in [4.78, 5) is 11.9. The molecule has 18 heavy (non-hydrogen) atoms. The van der Waals surface area contributed by atoms with Crippen molar-refractivity contribution in [2.24, 2.45) is 0 Å². The van der Waals surface area contributed by atoms with Crippen molar-refractivity contribution in [3.8, 4) is 0 Å². The number of benzene rings is 1. The highest BCUT2D eigenvalue weighted by molar-refractivity contribution is 9.10. The van der Waals surface area contributed by atoms with E-state index in [0.717, 1.165) is 28.3 Å². The van der Waals surface area contributed by atoms with Crippen molar-refractivity contribution >= 4 is 37.8 Å². The van der Waals surface area contributed by atoms with Gasteiger partial charge in [-0.25, -0.2) is 0 Å². The molecule has 0 bridgehead atoms. The quantitative estimate of drug-likeness (QED) is 0.553. The van der Waals surface area contributed by atoms with Gasteiger partial charge in [0.15, 0.2) is 0 Å². The third-order valence-corrected chi connectivity index (χ3v) is 3.93. The van der Waals surface area contributed by atoms with Gasteiger partial charge in [0.1, 0.15) is 0 Å². The number of hydrogen-bond acceptors (Lipinski definition) is 1. The van der Waals surface area contributed by atoms with Crippen LogP contribution < -0.4 is 5.32 Å². The van der Waals surface area contributed by atoms with Crippen LogP contribution in [-0.2, 0) is 0 Å². The summed E-state index contributed by atoms with van der Waals surface area (Å²) in [5, 5.41) is 4.02. The van der Waals surface area contributed by atoms with E-state index in [4.69, 9.17) is 0 Å². The van der Waals surface area contributed by atoms with Gasteiger partial charge in [-0.2, -0.15) is 0 Å². The zero-order valence-electron chi connectivity index (χ0n) is 10.6. The Morgan fingerprint density at radius 3 is 2.61 bits per heavy atom. The van der Waals surface area contributed by atoms with E-state index < -0.39 is 0 Å². The molecule has 4 heteroatoms. The smallest absolute Gasteiger partial charge is 0.252 e. The van der Waals surface area contributed by atoms with Crippen molar-refractivity contribution in [1.29, 1.82) is 0 Å². The van der Waals surface area contributed by atoms with Crippen molar-refractivity contribution in [2.45, 2.75) is 32.6 Å². The number of carbonyl (C=O) groups is 1. The molecule has 0 saturated heterocycles. The van der Waals surface area contributed by atoms with Gasteiger partial charge in [-0.15, -0.1) is 0 Å². The molecule has 2 nitrogen and oxygen atoms in total. The number of hydrogen-bond donors (Lipinski definition) is 1. The molecule has 0 unspecified atom stereocenters. The molecule has 100 valence electrons. The second-order valence-electron chi connectivity index (χ2n) is 4.34. The molecule has 1 amide bonds. The zero-order chi connectivity index (χ0) is 13.4. The maximum atomic E-state index is 11.9. The highest BCUT2D eigenvalue weighted by Crippen LogP contribution is 2.18. The molecule has 0 heterocycles.